The van der Waals surface area contributed by atoms with Gasteiger partial charge in [-0.1, -0.05) is 19.1 Å². The molecule has 0 amide bonds. The highest BCUT2D eigenvalue weighted by molar-refractivity contribution is 5.92. The quantitative estimate of drug-likeness (QED) is 0.317. The molecule has 5 rings (SSSR count). The van der Waals surface area contributed by atoms with Crippen LogP contribution in [0, 0.1) is 5.82 Å². The molecule has 7 nitrogen and oxygen atoms in total. The number of methoxy groups -OCH3 is 1. The number of nitrogens with one attached hydrogen (secondary N) is 1. The Morgan fingerprint density at radius 1 is 1.06 bits per heavy atom. The van der Waals surface area contributed by atoms with Crippen molar-refractivity contribution in [1.82, 2.24) is 19.7 Å². The molecular weight excluding hydrogens is 455 g/mol. The molecule has 0 spiro atoms. The van der Waals surface area contributed by atoms with Crippen LogP contribution in [0.2, 0.25) is 0 Å². The smallest absolute Gasteiger partial charge is 0.181 e. The van der Waals surface area contributed by atoms with E-state index in [1.165, 1.54) is 6.07 Å². The zero-order valence-electron chi connectivity index (χ0n) is 20.4. The van der Waals surface area contributed by atoms with Gasteiger partial charge in [0.2, 0.25) is 0 Å². The van der Waals surface area contributed by atoms with Gasteiger partial charge in [-0.25, -0.2) is 14.4 Å². The molecule has 8 heteroatoms. The van der Waals surface area contributed by atoms with E-state index in [4.69, 9.17) is 15.5 Å². The largest absolute Gasteiger partial charge is 0.497 e. The second kappa shape index (κ2) is 9.65. The Kier molecular flexibility index (Phi) is 6.25. The van der Waals surface area contributed by atoms with E-state index in [0.717, 1.165) is 39.8 Å². The summed E-state index contributed by atoms with van der Waals surface area (Å²) in [4.78, 5) is 8.99. The Morgan fingerprint density at radius 2 is 1.86 bits per heavy atom. The summed E-state index contributed by atoms with van der Waals surface area (Å²) in [6, 6.07) is 19.8. The predicted molar refractivity (Wildman–Crippen MR) is 140 cm³/mol. The number of benzene rings is 3. The molecule has 0 bridgehead atoms. The lowest BCUT2D eigenvalue weighted by Gasteiger charge is -2.21. The molecular formula is C28H27FN6O. The molecule has 0 aliphatic rings. The minimum absolute atomic E-state index is 0.312. The van der Waals surface area contributed by atoms with Crippen LogP contribution in [0.1, 0.15) is 29.9 Å². The maximum Gasteiger partial charge on any atom is 0.181 e. The van der Waals surface area contributed by atoms with Gasteiger partial charge in [0.1, 0.15) is 23.4 Å². The van der Waals surface area contributed by atoms with Crippen LogP contribution >= 0.6 is 0 Å². The van der Waals surface area contributed by atoms with Crippen molar-refractivity contribution in [1.29, 1.82) is 0 Å². The first-order chi connectivity index (χ1) is 17.5. The highest BCUT2D eigenvalue weighted by Crippen LogP contribution is 2.32. The summed E-state index contributed by atoms with van der Waals surface area (Å²) >= 11 is 0. The fraction of sp³-hybridized carbons (Fsp3) is 0.179. The van der Waals surface area contributed by atoms with Crippen LogP contribution in [0.3, 0.4) is 0 Å². The van der Waals surface area contributed by atoms with Crippen LogP contribution in [0.25, 0.3) is 22.2 Å². The predicted octanol–water partition coefficient (Wildman–Crippen LogP) is 5.52. The number of ether oxygens (including phenoxy) is 1. The second-order valence-electron chi connectivity index (χ2n) is 8.56. The topological polar surface area (TPSA) is 90.9 Å². The molecule has 1 unspecified atom stereocenters. The van der Waals surface area contributed by atoms with Gasteiger partial charge < -0.3 is 15.8 Å². The van der Waals surface area contributed by atoms with Crippen molar-refractivity contribution in [3.05, 3.63) is 95.7 Å². The number of halogens is 1. The molecule has 0 aliphatic heterocycles. The van der Waals surface area contributed by atoms with Gasteiger partial charge in [-0.3, -0.25) is 4.68 Å². The van der Waals surface area contributed by atoms with Crippen molar-refractivity contribution < 1.29 is 9.13 Å². The maximum absolute atomic E-state index is 15.3. The fourth-order valence-corrected chi connectivity index (χ4v) is 4.28. The molecule has 0 radical (unpaired) electrons. The number of pyridine rings is 1. The standard InChI is InChI=1S/C28H27FN6O/c1-4-17-5-12-24(29)23(15-17)25(32-20-8-11-22-19(16-20)13-14-31-26(22)30)28-33-27(34-35(28)2)18-6-9-21(36-3)10-7-18/h5-16,25,32H,4H2,1-3H3,(H2,30,31). The Labute approximate surface area is 208 Å². The zero-order valence-corrected chi connectivity index (χ0v) is 20.4. The van der Waals surface area contributed by atoms with E-state index in [0.29, 0.717) is 23.0 Å². The lowest BCUT2D eigenvalue weighted by atomic mass is 10.0. The molecule has 2 aromatic heterocycles. The van der Waals surface area contributed by atoms with E-state index < -0.39 is 6.04 Å². The molecule has 2 heterocycles. The van der Waals surface area contributed by atoms with Crippen molar-refractivity contribution in [2.24, 2.45) is 7.05 Å². The summed E-state index contributed by atoms with van der Waals surface area (Å²) in [6.45, 7) is 2.05. The lowest BCUT2D eigenvalue weighted by Crippen LogP contribution is -2.19. The number of aryl methyl sites for hydroxylation is 2. The van der Waals surface area contributed by atoms with E-state index in [2.05, 4.69) is 15.4 Å². The van der Waals surface area contributed by atoms with E-state index >= 15 is 4.39 Å². The summed E-state index contributed by atoms with van der Waals surface area (Å²) < 4.78 is 22.2. The number of rotatable bonds is 7. The highest BCUT2D eigenvalue weighted by atomic mass is 19.1. The summed E-state index contributed by atoms with van der Waals surface area (Å²) in [6.07, 6.45) is 2.46. The number of aromatic nitrogens is 4. The molecule has 3 N–H and O–H groups in total. The molecule has 3 aromatic carbocycles. The number of anilines is 2. The number of nitrogen functional groups attached to an aromatic ring is 1. The minimum Gasteiger partial charge on any atom is -0.497 e. The first-order valence-electron chi connectivity index (χ1n) is 11.7. The van der Waals surface area contributed by atoms with Crippen molar-refractivity contribution >= 4 is 22.3 Å². The van der Waals surface area contributed by atoms with Crippen LogP contribution in [0.5, 0.6) is 5.75 Å². The Bertz CT molecular complexity index is 1530. The zero-order chi connectivity index (χ0) is 25.2. The van der Waals surface area contributed by atoms with Crippen LogP contribution < -0.4 is 15.8 Å². The number of hydrogen-bond acceptors (Lipinski definition) is 6. The number of nitrogens with zero attached hydrogens (tertiary/aromatic N) is 4. The van der Waals surface area contributed by atoms with E-state index in [1.807, 2.05) is 68.6 Å². The van der Waals surface area contributed by atoms with Crippen molar-refractivity contribution in [3.63, 3.8) is 0 Å². The molecule has 0 saturated carbocycles. The highest BCUT2D eigenvalue weighted by Gasteiger charge is 2.25. The van der Waals surface area contributed by atoms with E-state index in [1.54, 1.807) is 24.1 Å². The Morgan fingerprint density at radius 3 is 2.61 bits per heavy atom. The molecule has 0 fully saturated rings. The first-order valence-corrected chi connectivity index (χ1v) is 11.7. The normalized spacial score (nSPS) is 12.0. The Hall–Kier alpha value is -4.46. The van der Waals surface area contributed by atoms with E-state index in [9.17, 15) is 0 Å². The summed E-state index contributed by atoms with van der Waals surface area (Å²) in [5.41, 5.74) is 9.20. The molecule has 1 atom stereocenters. The van der Waals surface area contributed by atoms with Gasteiger partial charge in [0, 0.05) is 35.4 Å². The number of hydrogen-bond donors (Lipinski definition) is 2. The summed E-state index contributed by atoms with van der Waals surface area (Å²) in [5.74, 6) is 2.04. The monoisotopic (exact) mass is 482 g/mol. The third kappa shape index (κ3) is 4.45. The second-order valence-corrected chi connectivity index (χ2v) is 8.56. The van der Waals surface area contributed by atoms with Gasteiger partial charge in [-0.2, -0.15) is 5.10 Å². The average Bonchev–Trinajstić information content (AvgIpc) is 3.29. The van der Waals surface area contributed by atoms with Gasteiger partial charge in [0.15, 0.2) is 11.6 Å². The molecule has 0 aliphatic carbocycles. The van der Waals surface area contributed by atoms with Crippen LogP contribution in [-0.4, -0.2) is 26.9 Å². The minimum atomic E-state index is -0.586. The number of fused-ring (bicyclic) bond motifs is 1. The van der Waals surface area contributed by atoms with Gasteiger partial charge in [-0.05, 0) is 72.0 Å². The SMILES string of the molecule is CCc1ccc(F)c(C(Nc2ccc3c(N)nccc3c2)c2nc(-c3ccc(OC)cc3)nn2C)c1. The lowest BCUT2D eigenvalue weighted by molar-refractivity contribution is 0.415. The van der Waals surface area contributed by atoms with Crippen molar-refractivity contribution in [2.45, 2.75) is 19.4 Å². The summed E-state index contributed by atoms with van der Waals surface area (Å²) in [5, 5.41) is 9.93. The molecule has 0 saturated heterocycles. The summed E-state index contributed by atoms with van der Waals surface area (Å²) in [7, 11) is 3.44. The van der Waals surface area contributed by atoms with E-state index in [-0.39, 0.29) is 5.82 Å². The van der Waals surface area contributed by atoms with Gasteiger partial charge in [-0.15, -0.1) is 0 Å². The van der Waals surface area contributed by atoms with Crippen molar-refractivity contribution in [2.75, 3.05) is 18.2 Å². The number of nitrogens with two attached hydrogens (primary N) is 1. The maximum atomic E-state index is 15.3. The Balaban J connectivity index is 1.60. The van der Waals surface area contributed by atoms with Gasteiger partial charge in [0.05, 0.1) is 7.11 Å². The van der Waals surface area contributed by atoms with Crippen LogP contribution in [-0.2, 0) is 13.5 Å². The van der Waals surface area contributed by atoms with Crippen molar-refractivity contribution in [3.8, 4) is 17.1 Å². The molecule has 36 heavy (non-hydrogen) atoms. The van der Waals surface area contributed by atoms with Crippen LogP contribution in [0.15, 0.2) is 72.9 Å². The van der Waals surface area contributed by atoms with Gasteiger partial charge in [0.25, 0.3) is 0 Å². The first kappa shape index (κ1) is 23.3. The van der Waals surface area contributed by atoms with Gasteiger partial charge >= 0.3 is 0 Å². The fourth-order valence-electron chi connectivity index (χ4n) is 4.28. The average molecular weight is 483 g/mol. The molecule has 182 valence electrons. The third-order valence-electron chi connectivity index (χ3n) is 6.29. The van der Waals surface area contributed by atoms with Crippen LogP contribution in [0.4, 0.5) is 15.9 Å². The molecule has 5 aromatic rings. The third-order valence-corrected chi connectivity index (χ3v) is 6.29.